The fourth-order valence-electron chi connectivity index (χ4n) is 2.98. The number of hydrogen-bond acceptors (Lipinski definition) is 4. The van der Waals surface area contributed by atoms with Gasteiger partial charge in [0, 0.05) is 25.1 Å². The first-order valence-corrected chi connectivity index (χ1v) is 7.62. The molecule has 5 nitrogen and oxygen atoms in total. The SMILES string of the molecule is O=C(c1ncccc1O)N1CCCCCC1c1ccncc1. The average Bonchev–Trinajstić information content (AvgIpc) is 2.81. The van der Waals surface area contributed by atoms with Gasteiger partial charge < -0.3 is 10.0 Å². The third kappa shape index (κ3) is 2.93. The third-order valence-electron chi connectivity index (χ3n) is 4.09. The summed E-state index contributed by atoms with van der Waals surface area (Å²) in [4.78, 5) is 22.8. The molecule has 5 heteroatoms. The van der Waals surface area contributed by atoms with E-state index in [1.165, 1.54) is 12.3 Å². The van der Waals surface area contributed by atoms with Gasteiger partial charge in [-0.1, -0.05) is 12.8 Å². The maximum absolute atomic E-state index is 12.8. The van der Waals surface area contributed by atoms with Crippen LogP contribution in [0.3, 0.4) is 0 Å². The Morgan fingerprint density at radius 2 is 1.95 bits per heavy atom. The van der Waals surface area contributed by atoms with Crippen LogP contribution in [0.25, 0.3) is 0 Å². The van der Waals surface area contributed by atoms with E-state index in [9.17, 15) is 9.90 Å². The minimum atomic E-state index is -0.207. The van der Waals surface area contributed by atoms with Crippen LogP contribution in [-0.2, 0) is 0 Å². The molecule has 0 aliphatic carbocycles. The highest BCUT2D eigenvalue weighted by atomic mass is 16.3. The van der Waals surface area contributed by atoms with Crippen molar-refractivity contribution in [1.29, 1.82) is 0 Å². The van der Waals surface area contributed by atoms with E-state index in [0.717, 1.165) is 31.2 Å². The Labute approximate surface area is 129 Å². The van der Waals surface area contributed by atoms with Gasteiger partial charge in [0.25, 0.3) is 5.91 Å². The highest BCUT2D eigenvalue weighted by molar-refractivity contribution is 5.95. The van der Waals surface area contributed by atoms with Crippen molar-refractivity contribution in [2.75, 3.05) is 6.54 Å². The van der Waals surface area contributed by atoms with E-state index < -0.39 is 0 Å². The van der Waals surface area contributed by atoms with Gasteiger partial charge in [0.1, 0.15) is 5.75 Å². The smallest absolute Gasteiger partial charge is 0.276 e. The van der Waals surface area contributed by atoms with Crippen molar-refractivity contribution >= 4 is 5.91 Å². The Kier molecular flexibility index (Phi) is 4.32. The molecule has 1 unspecified atom stereocenters. The molecule has 1 atom stereocenters. The molecular formula is C17H19N3O2. The summed E-state index contributed by atoms with van der Waals surface area (Å²) in [6, 6.07) is 7.04. The summed E-state index contributed by atoms with van der Waals surface area (Å²) in [5, 5.41) is 9.92. The molecule has 1 amide bonds. The molecular weight excluding hydrogens is 278 g/mol. The maximum Gasteiger partial charge on any atom is 0.276 e. The predicted octanol–water partition coefficient (Wildman–Crippen LogP) is 2.94. The highest BCUT2D eigenvalue weighted by Crippen LogP contribution is 2.31. The first-order chi connectivity index (χ1) is 10.8. The number of pyridine rings is 2. The van der Waals surface area contributed by atoms with E-state index in [1.54, 1.807) is 18.5 Å². The first kappa shape index (κ1) is 14.5. The van der Waals surface area contributed by atoms with Gasteiger partial charge in [-0.15, -0.1) is 0 Å². The molecule has 22 heavy (non-hydrogen) atoms. The number of likely N-dealkylation sites (tertiary alicyclic amines) is 1. The van der Waals surface area contributed by atoms with E-state index in [0.29, 0.717) is 6.54 Å². The number of amides is 1. The molecule has 1 saturated heterocycles. The molecule has 0 spiro atoms. The number of aromatic nitrogens is 2. The molecule has 0 radical (unpaired) electrons. The van der Waals surface area contributed by atoms with Crippen molar-refractivity contribution in [2.24, 2.45) is 0 Å². The van der Waals surface area contributed by atoms with Crippen molar-refractivity contribution in [3.05, 3.63) is 54.1 Å². The molecule has 3 heterocycles. The minimum absolute atomic E-state index is 0.0133. The van der Waals surface area contributed by atoms with E-state index in [2.05, 4.69) is 9.97 Å². The lowest BCUT2D eigenvalue weighted by molar-refractivity contribution is 0.0671. The molecule has 1 aliphatic heterocycles. The Bertz CT molecular complexity index is 645. The second-order valence-corrected chi connectivity index (χ2v) is 5.52. The molecule has 0 saturated carbocycles. The highest BCUT2D eigenvalue weighted by Gasteiger charge is 2.29. The van der Waals surface area contributed by atoms with Gasteiger partial charge in [0.05, 0.1) is 6.04 Å². The average molecular weight is 297 g/mol. The maximum atomic E-state index is 12.8. The van der Waals surface area contributed by atoms with Gasteiger partial charge in [-0.2, -0.15) is 0 Å². The minimum Gasteiger partial charge on any atom is -0.505 e. The van der Waals surface area contributed by atoms with Crippen molar-refractivity contribution in [2.45, 2.75) is 31.7 Å². The summed E-state index contributed by atoms with van der Waals surface area (Å²) in [5.74, 6) is -0.271. The Balaban J connectivity index is 1.94. The number of carbonyl (C=O) groups is 1. The third-order valence-corrected chi connectivity index (χ3v) is 4.09. The second kappa shape index (κ2) is 6.56. The Morgan fingerprint density at radius 3 is 2.73 bits per heavy atom. The molecule has 1 N–H and O–H groups in total. The van der Waals surface area contributed by atoms with Crippen LogP contribution < -0.4 is 0 Å². The van der Waals surface area contributed by atoms with Gasteiger partial charge in [0.2, 0.25) is 0 Å². The van der Waals surface area contributed by atoms with Crippen LogP contribution in [0.15, 0.2) is 42.9 Å². The lowest BCUT2D eigenvalue weighted by Crippen LogP contribution is -2.35. The molecule has 2 aromatic rings. The van der Waals surface area contributed by atoms with Crippen molar-refractivity contribution < 1.29 is 9.90 Å². The molecule has 114 valence electrons. The van der Waals surface area contributed by atoms with Crippen LogP contribution in [0.4, 0.5) is 0 Å². The Hall–Kier alpha value is -2.43. The topological polar surface area (TPSA) is 66.3 Å². The fourth-order valence-corrected chi connectivity index (χ4v) is 2.98. The van der Waals surface area contributed by atoms with Crippen molar-refractivity contribution in [1.82, 2.24) is 14.9 Å². The largest absolute Gasteiger partial charge is 0.505 e. The van der Waals surface area contributed by atoms with Crippen LogP contribution in [0.2, 0.25) is 0 Å². The molecule has 0 aromatic carbocycles. The predicted molar refractivity (Wildman–Crippen MR) is 82.4 cm³/mol. The quantitative estimate of drug-likeness (QED) is 0.925. The van der Waals surface area contributed by atoms with Crippen LogP contribution in [-0.4, -0.2) is 32.4 Å². The lowest BCUT2D eigenvalue weighted by atomic mass is 10.0. The van der Waals surface area contributed by atoms with Crippen LogP contribution in [0.1, 0.15) is 47.8 Å². The van der Waals surface area contributed by atoms with Gasteiger partial charge in [-0.25, -0.2) is 4.98 Å². The van der Waals surface area contributed by atoms with Gasteiger partial charge in [-0.3, -0.25) is 9.78 Å². The normalized spacial score (nSPS) is 18.7. The summed E-state index contributed by atoms with van der Waals surface area (Å²) in [6.45, 7) is 0.682. The first-order valence-electron chi connectivity index (χ1n) is 7.62. The number of carbonyl (C=O) groups excluding carboxylic acids is 1. The molecule has 1 aliphatic rings. The summed E-state index contributed by atoms with van der Waals surface area (Å²) in [7, 11) is 0. The fraction of sp³-hybridized carbons (Fsp3) is 0.353. The van der Waals surface area contributed by atoms with Gasteiger partial charge >= 0.3 is 0 Å². The summed E-state index contributed by atoms with van der Waals surface area (Å²) >= 11 is 0. The number of nitrogens with zero attached hydrogens (tertiary/aromatic N) is 3. The summed E-state index contributed by atoms with van der Waals surface area (Å²) in [6.07, 6.45) is 9.13. The molecule has 3 rings (SSSR count). The number of rotatable bonds is 2. The van der Waals surface area contributed by atoms with Crippen molar-refractivity contribution in [3.63, 3.8) is 0 Å². The molecule has 1 fully saturated rings. The van der Waals surface area contributed by atoms with Crippen LogP contribution >= 0.6 is 0 Å². The van der Waals surface area contributed by atoms with E-state index in [-0.39, 0.29) is 23.4 Å². The van der Waals surface area contributed by atoms with Gasteiger partial charge in [-0.05, 0) is 42.7 Å². The zero-order valence-electron chi connectivity index (χ0n) is 12.4. The molecule has 0 bridgehead atoms. The molecule has 2 aromatic heterocycles. The van der Waals surface area contributed by atoms with Gasteiger partial charge in [0.15, 0.2) is 5.69 Å². The van der Waals surface area contributed by atoms with E-state index >= 15 is 0 Å². The van der Waals surface area contributed by atoms with Crippen LogP contribution in [0.5, 0.6) is 5.75 Å². The zero-order chi connectivity index (χ0) is 15.4. The summed E-state index contributed by atoms with van der Waals surface area (Å²) in [5.41, 5.74) is 1.21. The van der Waals surface area contributed by atoms with Crippen molar-refractivity contribution in [3.8, 4) is 5.75 Å². The standard InChI is InChI=1S/C17H19N3O2/c21-15-6-4-9-19-16(15)17(22)20-12-3-1-2-5-14(20)13-7-10-18-11-8-13/h4,6-11,14,21H,1-3,5,12H2. The van der Waals surface area contributed by atoms with E-state index in [1.807, 2.05) is 17.0 Å². The monoisotopic (exact) mass is 297 g/mol. The number of hydrogen-bond donors (Lipinski definition) is 1. The zero-order valence-corrected chi connectivity index (χ0v) is 12.4. The lowest BCUT2D eigenvalue weighted by Gasteiger charge is -2.30. The van der Waals surface area contributed by atoms with Crippen LogP contribution in [0, 0.1) is 0 Å². The Morgan fingerprint density at radius 1 is 1.14 bits per heavy atom. The summed E-state index contributed by atoms with van der Waals surface area (Å²) < 4.78 is 0. The van der Waals surface area contributed by atoms with E-state index in [4.69, 9.17) is 0 Å². The number of aromatic hydroxyl groups is 1. The second-order valence-electron chi connectivity index (χ2n) is 5.52.